The van der Waals surface area contributed by atoms with E-state index < -0.39 is 5.97 Å². The first-order valence-corrected chi connectivity index (χ1v) is 7.56. The highest BCUT2D eigenvalue weighted by molar-refractivity contribution is 9.11. The van der Waals surface area contributed by atoms with E-state index in [4.69, 9.17) is 5.11 Å². The Hall–Kier alpha value is -1.08. The molecule has 0 fully saturated rings. The zero-order valence-electron chi connectivity index (χ0n) is 10.9. The van der Waals surface area contributed by atoms with Crippen LogP contribution in [0.25, 0.3) is 0 Å². The number of aliphatic carboxylic acids is 1. The minimum Gasteiger partial charge on any atom is -0.481 e. The van der Waals surface area contributed by atoms with Crippen molar-refractivity contribution in [2.75, 3.05) is 7.05 Å². The van der Waals surface area contributed by atoms with Gasteiger partial charge < -0.3 is 15.3 Å². The minimum absolute atomic E-state index is 0.0555. The van der Waals surface area contributed by atoms with Crippen LogP contribution in [0.4, 0.5) is 4.79 Å². The number of carboxylic acids is 1. The average Bonchev–Trinajstić information content (AvgIpc) is 2.73. The van der Waals surface area contributed by atoms with Crippen LogP contribution in [0.1, 0.15) is 25.3 Å². The molecule has 1 unspecified atom stereocenters. The van der Waals surface area contributed by atoms with Crippen molar-refractivity contribution in [3.05, 3.63) is 20.8 Å². The van der Waals surface area contributed by atoms with Gasteiger partial charge in [0.15, 0.2) is 0 Å². The van der Waals surface area contributed by atoms with Crippen molar-refractivity contribution in [3.8, 4) is 0 Å². The predicted octanol–water partition coefficient (Wildman–Crippen LogP) is 2.91. The molecule has 0 aliphatic rings. The molecule has 1 atom stereocenters. The van der Waals surface area contributed by atoms with E-state index in [1.54, 1.807) is 23.3 Å². The van der Waals surface area contributed by atoms with Gasteiger partial charge in [-0.05, 0) is 39.4 Å². The fraction of sp³-hybridized carbons (Fsp3) is 0.500. The number of carbonyl (C=O) groups is 2. The molecule has 106 valence electrons. The molecule has 0 saturated carbocycles. The summed E-state index contributed by atoms with van der Waals surface area (Å²) in [5, 5.41) is 13.4. The van der Waals surface area contributed by atoms with Gasteiger partial charge in [-0.3, -0.25) is 4.79 Å². The molecule has 1 aromatic rings. The Labute approximate surface area is 124 Å². The van der Waals surface area contributed by atoms with Crippen molar-refractivity contribution in [1.29, 1.82) is 0 Å². The van der Waals surface area contributed by atoms with Crippen molar-refractivity contribution >= 4 is 39.3 Å². The molecule has 0 spiro atoms. The molecule has 0 radical (unpaired) electrons. The second-order valence-corrected chi connectivity index (χ2v) is 6.56. The number of rotatable bonds is 6. The smallest absolute Gasteiger partial charge is 0.317 e. The summed E-state index contributed by atoms with van der Waals surface area (Å²) < 4.78 is 1.02. The number of carbonyl (C=O) groups excluding carboxylic acids is 1. The molecule has 1 aromatic heterocycles. The van der Waals surface area contributed by atoms with Crippen LogP contribution in [0.3, 0.4) is 0 Å². The lowest BCUT2D eigenvalue weighted by Crippen LogP contribution is -2.43. The van der Waals surface area contributed by atoms with Gasteiger partial charge >= 0.3 is 12.0 Å². The monoisotopic (exact) mass is 348 g/mol. The molecule has 1 rings (SSSR count). The maximum atomic E-state index is 11.9. The highest BCUT2D eigenvalue weighted by Gasteiger charge is 2.17. The number of amides is 2. The van der Waals surface area contributed by atoms with Gasteiger partial charge in [-0.2, -0.15) is 0 Å². The molecule has 19 heavy (non-hydrogen) atoms. The SMILES string of the molecule is CCC(CC(=O)O)NC(=O)N(C)Cc1csc(Br)c1. The Morgan fingerprint density at radius 3 is 2.74 bits per heavy atom. The molecule has 0 aromatic carbocycles. The normalized spacial score (nSPS) is 11.9. The number of urea groups is 1. The van der Waals surface area contributed by atoms with E-state index in [1.807, 2.05) is 18.4 Å². The third kappa shape index (κ3) is 5.61. The van der Waals surface area contributed by atoms with Crippen LogP contribution < -0.4 is 5.32 Å². The van der Waals surface area contributed by atoms with Crippen LogP contribution in [0.2, 0.25) is 0 Å². The summed E-state index contributed by atoms with van der Waals surface area (Å²) in [6.07, 6.45) is 0.538. The number of hydrogen-bond acceptors (Lipinski definition) is 3. The van der Waals surface area contributed by atoms with E-state index in [1.165, 1.54) is 0 Å². The lowest BCUT2D eigenvalue weighted by Gasteiger charge is -2.21. The molecule has 0 bridgehead atoms. The van der Waals surface area contributed by atoms with Gasteiger partial charge in [-0.1, -0.05) is 6.92 Å². The molecule has 0 aliphatic heterocycles. The van der Waals surface area contributed by atoms with Crippen molar-refractivity contribution in [3.63, 3.8) is 0 Å². The molecular weight excluding hydrogens is 332 g/mol. The highest BCUT2D eigenvalue weighted by Crippen LogP contribution is 2.21. The molecule has 0 aliphatic carbocycles. The Morgan fingerprint density at radius 2 is 2.26 bits per heavy atom. The fourth-order valence-electron chi connectivity index (χ4n) is 1.57. The molecule has 2 amide bonds. The van der Waals surface area contributed by atoms with E-state index in [0.717, 1.165) is 9.35 Å². The summed E-state index contributed by atoms with van der Waals surface area (Å²) in [5.74, 6) is -0.906. The molecule has 2 N–H and O–H groups in total. The van der Waals surface area contributed by atoms with Crippen LogP contribution in [-0.4, -0.2) is 35.1 Å². The van der Waals surface area contributed by atoms with Gasteiger partial charge in [0.2, 0.25) is 0 Å². The third-order valence-electron chi connectivity index (χ3n) is 2.63. The molecule has 7 heteroatoms. The van der Waals surface area contributed by atoms with Gasteiger partial charge in [0.25, 0.3) is 0 Å². The number of nitrogens with one attached hydrogen (secondary N) is 1. The highest BCUT2D eigenvalue weighted by atomic mass is 79.9. The number of hydrogen-bond donors (Lipinski definition) is 2. The number of nitrogens with zero attached hydrogens (tertiary/aromatic N) is 1. The van der Waals surface area contributed by atoms with Gasteiger partial charge in [0, 0.05) is 19.6 Å². The third-order valence-corrected chi connectivity index (χ3v) is 4.18. The summed E-state index contributed by atoms with van der Waals surface area (Å²) in [5.41, 5.74) is 1.04. The molecule has 5 nitrogen and oxygen atoms in total. The first-order chi connectivity index (χ1) is 8.92. The van der Waals surface area contributed by atoms with Gasteiger partial charge in [0.1, 0.15) is 0 Å². The maximum Gasteiger partial charge on any atom is 0.317 e. The van der Waals surface area contributed by atoms with Crippen molar-refractivity contribution in [2.45, 2.75) is 32.4 Å². The van der Waals surface area contributed by atoms with E-state index in [0.29, 0.717) is 13.0 Å². The molecule has 1 heterocycles. The van der Waals surface area contributed by atoms with E-state index in [-0.39, 0.29) is 18.5 Å². The Bertz CT molecular complexity index is 450. The summed E-state index contributed by atoms with van der Waals surface area (Å²) in [4.78, 5) is 24.1. The minimum atomic E-state index is -0.906. The van der Waals surface area contributed by atoms with Crippen molar-refractivity contribution in [1.82, 2.24) is 10.2 Å². The number of thiophene rings is 1. The van der Waals surface area contributed by atoms with E-state index in [9.17, 15) is 9.59 Å². The Balaban J connectivity index is 2.49. The van der Waals surface area contributed by atoms with Crippen LogP contribution in [0.15, 0.2) is 15.2 Å². The summed E-state index contributed by atoms with van der Waals surface area (Å²) in [6.45, 7) is 2.35. The Kier molecular flexibility index (Phi) is 6.30. The quantitative estimate of drug-likeness (QED) is 0.830. The lowest BCUT2D eigenvalue weighted by atomic mass is 10.1. The second-order valence-electron chi connectivity index (χ2n) is 4.27. The topological polar surface area (TPSA) is 69.6 Å². The predicted molar refractivity (Wildman–Crippen MR) is 78.3 cm³/mol. The second kappa shape index (κ2) is 7.49. The van der Waals surface area contributed by atoms with Gasteiger partial charge in [0.05, 0.1) is 10.2 Å². The molecule has 0 saturated heterocycles. The summed E-state index contributed by atoms with van der Waals surface area (Å²) >= 11 is 4.94. The van der Waals surface area contributed by atoms with Crippen LogP contribution in [0.5, 0.6) is 0 Å². The fourth-order valence-corrected chi connectivity index (χ4v) is 2.77. The zero-order valence-corrected chi connectivity index (χ0v) is 13.3. The zero-order chi connectivity index (χ0) is 14.4. The molecular formula is C12H17BrN2O3S. The largest absolute Gasteiger partial charge is 0.481 e. The maximum absolute atomic E-state index is 11.9. The Morgan fingerprint density at radius 1 is 1.58 bits per heavy atom. The number of halogens is 1. The van der Waals surface area contributed by atoms with Crippen LogP contribution in [-0.2, 0) is 11.3 Å². The van der Waals surface area contributed by atoms with Gasteiger partial charge in [-0.15, -0.1) is 11.3 Å². The van der Waals surface area contributed by atoms with E-state index >= 15 is 0 Å². The van der Waals surface area contributed by atoms with Crippen LogP contribution >= 0.6 is 27.3 Å². The van der Waals surface area contributed by atoms with Crippen molar-refractivity contribution < 1.29 is 14.7 Å². The van der Waals surface area contributed by atoms with E-state index in [2.05, 4.69) is 21.2 Å². The first kappa shape index (κ1) is 16.0. The lowest BCUT2D eigenvalue weighted by molar-refractivity contribution is -0.137. The first-order valence-electron chi connectivity index (χ1n) is 5.88. The summed E-state index contributed by atoms with van der Waals surface area (Å²) in [7, 11) is 1.69. The van der Waals surface area contributed by atoms with Crippen LogP contribution in [0, 0.1) is 0 Å². The van der Waals surface area contributed by atoms with Crippen molar-refractivity contribution in [2.24, 2.45) is 0 Å². The summed E-state index contributed by atoms with van der Waals surface area (Å²) in [6, 6.07) is 1.38. The average molecular weight is 349 g/mol. The van der Waals surface area contributed by atoms with Gasteiger partial charge in [-0.25, -0.2) is 4.79 Å². The number of carboxylic acid groups (broad SMARTS) is 1. The standard InChI is InChI=1S/C12H17BrN2O3S/c1-3-9(5-11(16)17)14-12(18)15(2)6-8-4-10(13)19-7-8/h4,7,9H,3,5-6H2,1-2H3,(H,14,18)(H,16,17).